The molecule has 0 saturated heterocycles. The van der Waals surface area contributed by atoms with Gasteiger partial charge in [0, 0.05) is 19.1 Å². The van der Waals surface area contributed by atoms with Crippen molar-refractivity contribution in [2.24, 2.45) is 5.92 Å². The minimum absolute atomic E-state index is 0.0538. The van der Waals surface area contributed by atoms with Gasteiger partial charge in [0.05, 0.1) is 5.92 Å². The summed E-state index contributed by atoms with van der Waals surface area (Å²) in [5, 5.41) is 12.3. The third-order valence-electron chi connectivity index (χ3n) is 5.42. The molecule has 2 aromatic carbocycles. The Morgan fingerprint density at radius 1 is 0.893 bits per heavy atom. The molecule has 0 atom stereocenters. The van der Waals surface area contributed by atoms with Crippen molar-refractivity contribution in [1.82, 2.24) is 10.2 Å². The summed E-state index contributed by atoms with van der Waals surface area (Å²) >= 11 is 0. The van der Waals surface area contributed by atoms with Crippen LogP contribution in [-0.4, -0.2) is 34.6 Å². The zero-order chi connectivity index (χ0) is 19.8. The fraction of sp³-hybridized carbons (Fsp3) is 0.391. The first-order valence-corrected chi connectivity index (χ1v) is 9.98. The molecule has 3 rings (SSSR count). The maximum absolute atomic E-state index is 13.0. The lowest BCUT2D eigenvalue weighted by Crippen LogP contribution is -2.46. The van der Waals surface area contributed by atoms with E-state index >= 15 is 0 Å². The Bertz CT molecular complexity index is 756. The van der Waals surface area contributed by atoms with E-state index in [0.717, 1.165) is 24.8 Å². The number of rotatable bonds is 7. The second kappa shape index (κ2) is 9.93. The molecule has 0 heterocycles. The van der Waals surface area contributed by atoms with Gasteiger partial charge in [-0.2, -0.15) is 0 Å². The molecule has 2 aromatic rings. The summed E-state index contributed by atoms with van der Waals surface area (Å²) < 4.78 is 0. The fourth-order valence-electron chi connectivity index (χ4n) is 3.72. The highest BCUT2D eigenvalue weighted by atomic mass is 16.4. The number of hydrogen-bond acceptors (Lipinski definition) is 2. The standard InChI is InChI=1S/C23H28N2O3/c26-22(27)20-11-13-21(14-12-20)24-23(28)25(17-19-9-5-2-6-10-19)16-15-18-7-3-1-4-8-18/h1-10,20-21H,11-17H2,(H,24,28)(H,26,27). The van der Waals surface area contributed by atoms with Crippen molar-refractivity contribution in [2.75, 3.05) is 6.54 Å². The average Bonchev–Trinajstić information content (AvgIpc) is 2.73. The quantitative estimate of drug-likeness (QED) is 0.760. The van der Waals surface area contributed by atoms with Gasteiger partial charge in [-0.3, -0.25) is 4.79 Å². The van der Waals surface area contributed by atoms with E-state index in [1.54, 1.807) is 0 Å². The van der Waals surface area contributed by atoms with Crippen LogP contribution in [0.3, 0.4) is 0 Å². The molecule has 5 heteroatoms. The van der Waals surface area contributed by atoms with Gasteiger partial charge in [-0.05, 0) is 43.2 Å². The zero-order valence-corrected chi connectivity index (χ0v) is 16.1. The van der Waals surface area contributed by atoms with Crippen molar-refractivity contribution in [1.29, 1.82) is 0 Å². The number of carboxylic acids is 1. The van der Waals surface area contributed by atoms with Crippen LogP contribution in [0.5, 0.6) is 0 Å². The molecule has 2 N–H and O–H groups in total. The van der Waals surface area contributed by atoms with Crippen molar-refractivity contribution in [2.45, 2.75) is 44.7 Å². The molecular formula is C23H28N2O3. The highest BCUT2D eigenvalue weighted by molar-refractivity contribution is 5.75. The summed E-state index contributed by atoms with van der Waals surface area (Å²) in [5.41, 5.74) is 2.30. The van der Waals surface area contributed by atoms with Crippen LogP contribution >= 0.6 is 0 Å². The van der Waals surface area contributed by atoms with Gasteiger partial charge in [0.2, 0.25) is 0 Å². The number of carbonyl (C=O) groups is 2. The highest BCUT2D eigenvalue weighted by Gasteiger charge is 2.27. The number of amides is 2. The number of urea groups is 1. The van der Waals surface area contributed by atoms with Crippen LogP contribution in [0.1, 0.15) is 36.8 Å². The van der Waals surface area contributed by atoms with Gasteiger partial charge in [0.25, 0.3) is 0 Å². The van der Waals surface area contributed by atoms with Gasteiger partial charge in [-0.1, -0.05) is 60.7 Å². The van der Waals surface area contributed by atoms with Crippen molar-refractivity contribution >= 4 is 12.0 Å². The first-order chi connectivity index (χ1) is 13.6. The molecule has 148 valence electrons. The number of hydrogen-bond donors (Lipinski definition) is 2. The van der Waals surface area contributed by atoms with Crippen LogP contribution in [-0.2, 0) is 17.8 Å². The van der Waals surface area contributed by atoms with Crippen molar-refractivity contribution in [3.8, 4) is 0 Å². The van der Waals surface area contributed by atoms with Gasteiger partial charge in [-0.15, -0.1) is 0 Å². The molecule has 0 aliphatic heterocycles. The predicted octanol–water partition coefficient (Wildman–Crippen LogP) is 4.08. The minimum Gasteiger partial charge on any atom is -0.481 e. The van der Waals surface area contributed by atoms with E-state index in [2.05, 4.69) is 17.4 Å². The van der Waals surface area contributed by atoms with Crippen molar-refractivity contribution in [3.63, 3.8) is 0 Å². The Kier molecular flexibility index (Phi) is 7.06. The van der Waals surface area contributed by atoms with E-state index in [1.807, 2.05) is 53.4 Å². The van der Waals surface area contributed by atoms with Crippen LogP contribution < -0.4 is 5.32 Å². The van der Waals surface area contributed by atoms with Crippen LogP contribution in [0.15, 0.2) is 60.7 Å². The predicted molar refractivity (Wildman–Crippen MR) is 109 cm³/mol. The number of benzene rings is 2. The van der Waals surface area contributed by atoms with Crippen molar-refractivity contribution in [3.05, 3.63) is 71.8 Å². The second-order valence-electron chi connectivity index (χ2n) is 7.48. The molecule has 28 heavy (non-hydrogen) atoms. The van der Waals surface area contributed by atoms with Crippen LogP contribution in [0, 0.1) is 5.92 Å². The number of carboxylic acid groups (broad SMARTS) is 1. The molecule has 0 spiro atoms. The topological polar surface area (TPSA) is 69.6 Å². The molecule has 1 fully saturated rings. The SMILES string of the molecule is O=C(O)C1CCC(NC(=O)N(CCc2ccccc2)Cc2ccccc2)CC1. The number of nitrogens with zero attached hydrogens (tertiary/aromatic N) is 1. The van der Waals surface area contributed by atoms with E-state index in [-0.39, 0.29) is 18.0 Å². The van der Waals surface area contributed by atoms with E-state index in [1.165, 1.54) is 5.56 Å². The first kappa shape index (κ1) is 19.9. The summed E-state index contributed by atoms with van der Waals surface area (Å²) in [6.45, 7) is 1.19. The lowest BCUT2D eigenvalue weighted by atomic mass is 9.86. The Hall–Kier alpha value is -2.82. The Morgan fingerprint density at radius 3 is 2.04 bits per heavy atom. The maximum Gasteiger partial charge on any atom is 0.317 e. The number of carbonyl (C=O) groups excluding carboxylic acids is 1. The number of nitrogens with one attached hydrogen (secondary N) is 1. The van der Waals surface area contributed by atoms with E-state index < -0.39 is 5.97 Å². The molecule has 2 amide bonds. The van der Waals surface area contributed by atoms with E-state index in [0.29, 0.717) is 25.9 Å². The van der Waals surface area contributed by atoms with Gasteiger partial charge in [0.15, 0.2) is 0 Å². The van der Waals surface area contributed by atoms with Crippen molar-refractivity contribution < 1.29 is 14.7 Å². The summed E-state index contributed by atoms with van der Waals surface area (Å²) in [6, 6.07) is 20.1. The third-order valence-corrected chi connectivity index (χ3v) is 5.42. The molecule has 1 saturated carbocycles. The molecule has 0 bridgehead atoms. The van der Waals surface area contributed by atoms with Gasteiger partial charge >= 0.3 is 12.0 Å². The van der Waals surface area contributed by atoms with Crippen LogP contribution in [0.2, 0.25) is 0 Å². The molecule has 0 unspecified atom stereocenters. The lowest BCUT2D eigenvalue weighted by Gasteiger charge is -2.30. The zero-order valence-electron chi connectivity index (χ0n) is 16.1. The average molecular weight is 380 g/mol. The van der Waals surface area contributed by atoms with Crippen LogP contribution in [0.4, 0.5) is 4.79 Å². The Labute approximate surface area is 166 Å². The minimum atomic E-state index is -0.724. The van der Waals surface area contributed by atoms with E-state index in [9.17, 15) is 9.59 Å². The smallest absolute Gasteiger partial charge is 0.317 e. The van der Waals surface area contributed by atoms with Gasteiger partial charge in [0.1, 0.15) is 0 Å². The molecule has 1 aliphatic carbocycles. The summed E-state index contributed by atoms with van der Waals surface area (Å²) in [6.07, 6.45) is 3.50. The summed E-state index contributed by atoms with van der Waals surface area (Å²) in [7, 11) is 0. The highest BCUT2D eigenvalue weighted by Crippen LogP contribution is 2.24. The Balaban J connectivity index is 1.60. The number of aliphatic carboxylic acids is 1. The first-order valence-electron chi connectivity index (χ1n) is 9.98. The molecule has 0 radical (unpaired) electrons. The van der Waals surface area contributed by atoms with E-state index in [4.69, 9.17) is 5.11 Å². The fourth-order valence-corrected chi connectivity index (χ4v) is 3.72. The van der Waals surface area contributed by atoms with Crippen LogP contribution in [0.25, 0.3) is 0 Å². The molecule has 1 aliphatic rings. The lowest BCUT2D eigenvalue weighted by molar-refractivity contribution is -0.142. The summed E-state index contributed by atoms with van der Waals surface area (Å²) in [4.78, 5) is 25.9. The summed E-state index contributed by atoms with van der Waals surface area (Å²) in [5.74, 6) is -0.995. The maximum atomic E-state index is 13.0. The largest absolute Gasteiger partial charge is 0.481 e. The van der Waals surface area contributed by atoms with Gasteiger partial charge in [-0.25, -0.2) is 4.79 Å². The normalized spacial score (nSPS) is 19.0. The third kappa shape index (κ3) is 5.84. The molecular weight excluding hydrogens is 352 g/mol. The van der Waals surface area contributed by atoms with Gasteiger partial charge < -0.3 is 15.3 Å². The molecule has 5 nitrogen and oxygen atoms in total. The Morgan fingerprint density at radius 2 is 1.46 bits per heavy atom. The molecule has 0 aromatic heterocycles. The monoisotopic (exact) mass is 380 g/mol. The second-order valence-corrected chi connectivity index (χ2v) is 7.48.